The van der Waals surface area contributed by atoms with Crippen molar-refractivity contribution in [3.8, 4) is 12.1 Å². The summed E-state index contributed by atoms with van der Waals surface area (Å²) in [6.45, 7) is 1.89. The van der Waals surface area contributed by atoms with E-state index in [1.54, 1.807) is 0 Å². The van der Waals surface area contributed by atoms with E-state index in [0.717, 1.165) is 10.1 Å². The maximum absolute atomic E-state index is 8.98. The highest BCUT2D eigenvalue weighted by Gasteiger charge is 2.53. The van der Waals surface area contributed by atoms with Crippen molar-refractivity contribution in [1.29, 1.82) is 10.5 Å². The van der Waals surface area contributed by atoms with Crippen LogP contribution in [-0.2, 0) is 0 Å². The fourth-order valence-corrected chi connectivity index (χ4v) is 6.38. The number of rotatable bonds is 0. The maximum atomic E-state index is 8.98. The normalized spacial score (nSPS) is 21.6. The van der Waals surface area contributed by atoms with Crippen molar-refractivity contribution >= 4 is 79.6 Å². The Balaban J connectivity index is 3.66. The Labute approximate surface area is 135 Å². The van der Waals surface area contributed by atoms with Crippen LogP contribution in [0.3, 0.4) is 0 Å². The second kappa shape index (κ2) is 4.85. The Hall–Kier alpha value is 0.860. The van der Waals surface area contributed by atoms with Gasteiger partial charge in [0.1, 0.15) is 24.2 Å². The topological polar surface area (TPSA) is 47.6 Å². The Morgan fingerprint density at radius 1 is 1.06 bits per heavy atom. The molecule has 0 atom stereocenters. The molecule has 1 rings (SSSR count). The summed E-state index contributed by atoms with van der Waals surface area (Å²) < 4.78 is -0.614. The predicted octanol–water partition coefficient (Wildman–Crippen LogP) is 4.98. The van der Waals surface area contributed by atoms with Gasteiger partial charge in [0.25, 0.3) is 0 Å². The predicted molar refractivity (Wildman–Crippen MR) is 81.0 cm³/mol. The van der Waals surface area contributed by atoms with Crippen LogP contribution >= 0.6 is 79.6 Å². The van der Waals surface area contributed by atoms with Crippen LogP contribution in [0.25, 0.3) is 0 Å². The summed E-state index contributed by atoms with van der Waals surface area (Å²) in [7, 11) is 0. The molecule has 0 spiro atoms. The van der Waals surface area contributed by atoms with Gasteiger partial charge in [-0.2, -0.15) is 10.5 Å². The van der Waals surface area contributed by atoms with Crippen molar-refractivity contribution in [2.45, 2.75) is 13.4 Å². The lowest BCUT2D eigenvalue weighted by atomic mass is 10.1. The molecule has 1 aliphatic carbocycles. The molecule has 0 unspecified atom stereocenters. The number of allylic oxidation sites excluding steroid dienone is 4. The SMILES string of the molecule is CC1=C(Br)C(Br)(Br)C(=C(C#N)C#N)C1(Br)Br. The van der Waals surface area contributed by atoms with Crippen molar-refractivity contribution in [1.82, 2.24) is 0 Å². The van der Waals surface area contributed by atoms with Gasteiger partial charge in [-0.3, -0.25) is 0 Å². The zero-order valence-corrected chi connectivity index (χ0v) is 15.7. The molecule has 0 amide bonds. The average molecular weight is 539 g/mol. The van der Waals surface area contributed by atoms with E-state index in [4.69, 9.17) is 10.5 Å². The van der Waals surface area contributed by atoms with E-state index in [-0.39, 0.29) is 5.57 Å². The van der Waals surface area contributed by atoms with Crippen molar-refractivity contribution in [3.05, 3.63) is 21.2 Å². The second-order valence-electron chi connectivity index (χ2n) is 3.06. The van der Waals surface area contributed by atoms with Gasteiger partial charge < -0.3 is 0 Å². The molecule has 0 saturated heterocycles. The van der Waals surface area contributed by atoms with Crippen LogP contribution in [0.1, 0.15) is 6.92 Å². The number of nitrogens with zero attached hydrogens (tertiary/aromatic N) is 2. The van der Waals surface area contributed by atoms with Crippen LogP contribution in [0.5, 0.6) is 0 Å². The van der Waals surface area contributed by atoms with Gasteiger partial charge in [-0.15, -0.1) is 0 Å². The third kappa shape index (κ3) is 2.10. The van der Waals surface area contributed by atoms with E-state index in [1.807, 2.05) is 19.1 Å². The maximum Gasteiger partial charge on any atom is 0.137 e. The molecular formula is C9H3Br5N2. The number of hydrogen-bond donors (Lipinski definition) is 0. The lowest BCUT2D eigenvalue weighted by Crippen LogP contribution is -2.22. The van der Waals surface area contributed by atoms with Crippen molar-refractivity contribution < 1.29 is 0 Å². The molecule has 84 valence electrons. The fraction of sp³-hybridized carbons (Fsp3) is 0.333. The molecule has 0 radical (unpaired) electrons. The van der Waals surface area contributed by atoms with E-state index >= 15 is 0 Å². The molecular weight excluding hydrogens is 536 g/mol. The molecule has 16 heavy (non-hydrogen) atoms. The molecule has 0 aromatic carbocycles. The van der Waals surface area contributed by atoms with E-state index in [2.05, 4.69) is 79.6 Å². The van der Waals surface area contributed by atoms with E-state index in [0.29, 0.717) is 5.57 Å². The quantitative estimate of drug-likeness (QED) is 0.323. The second-order valence-corrected chi connectivity index (χ2v) is 10.7. The smallest absolute Gasteiger partial charge is 0.137 e. The Bertz CT molecular complexity index is 445. The van der Waals surface area contributed by atoms with Gasteiger partial charge in [0, 0.05) is 10.1 Å². The molecule has 0 bridgehead atoms. The van der Waals surface area contributed by atoms with Gasteiger partial charge in [0.15, 0.2) is 0 Å². The lowest BCUT2D eigenvalue weighted by molar-refractivity contribution is 1.11. The highest BCUT2D eigenvalue weighted by molar-refractivity contribution is 9.27. The van der Waals surface area contributed by atoms with Gasteiger partial charge in [-0.25, -0.2) is 0 Å². The molecule has 0 saturated carbocycles. The van der Waals surface area contributed by atoms with Crippen LogP contribution in [0.4, 0.5) is 0 Å². The van der Waals surface area contributed by atoms with Gasteiger partial charge >= 0.3 is 0 Å². The third-order valence-electron chi connectivity index (χ3n) is 2.18. The number of halogens is 5. The first-order valence-corrected chi connectivity index (χ1v) is 7.86. The molecule has 0 fully saturated rings. The van der Waals surface area contributed by atoms with E-state index in [9.17, 15) is 0 Å². The lowest BCUT2D eigenvalue weighted by Gasteiger charge is -2.23. The first-order chi connectivity index (χ1) is 7.21. The zero-order valence-electron chi connectivity index (χ0n) is 7.78. The molecule has 0 aromatic heterocycles. The highest BCUT2D eigenvalue weighted by Crippen LogP contribution is 2.63. The van der Waals surface area contributed by atoms with E-state index < -0.39 is 6.47 Å². The van der Waals surface area contributed by atoms with Crippen molar-refractivity contribution in [2.75, 3.05) is 0 Å². The minimum atomic E-state index is -0.738. The largest absolute Gasteiger partial charge is 0.192 e. The standard InChI is InChI=1S/C9H3Br5N2/c1-4-7(10)9(13,14)6(8(4,11)12)5(2-15)3-16/h1H3. The summed E-state index contributed by atoms with van der Waals surface area (Å²) in [5.41, 5.74) is 1.56. The molecule has 0 aliphatic heterocycles. The Kier molecular flexibility index (Phi) is 4.53. The number of nitriles is 2. The molecule has 0 N–H and O–H groups in total. The number of hydrogen-bond acceptors (Lipinski definition) is 2. The monoisotopic (exact) mass is 534 g/mol. The zero-order chi connectivity index (χ0) is 12.7. The Morgan fingerprint density at radius 3 is 1.75 bits per heavy atom. The van der Waals surface area contributed by atoms with Crippen LogP contribution in [0.15, 0.2) is 21.2 Å². The van der Waals surface area contributed by atoms with Crippen molar-refractivity contribution in [3.63, 3.8) is 0 Å². The van der Waals surface area contributed by atoms with Crippen LogP contribution in [0, 0.1) is 22.7 Å². The summed E-state index contributed by atoms with van der Waals surface area (Å²) in [6.07, 6.45) is 0. The summed E-state index contributed by atoms with van der Waals surface area (Å²) in [5, 5.41) is 18.0. The minimum Gasteiger partial charge on any atom is -0.192 e. The highest BCUT2D eigenvalue weighted by atomic mass is 79.9. The molecule has 7 heteroatoms. The van der Waals surface area contributed by atoms with Crippen LogP contribution in [-0.4, -0.2) is 6.47 Å². The van der Waals surface area contributed by atoms with Crippen molar-refractivity contribution in [2.24, 2.45) is 0 Å². The first-order valence-electron chi connectivity index (χ1n) is 3.89. The first kappa shape index (κ1) is 14.9. The van der Waals surface area contributed by atoms with Gasteiger partial charge in [-0.1, -0.05) is 79.6 Å². The van der Waals surface area contributed by atoms with Gasteiger partial charge in [0.2, 0.25) is 0 Å². The summed E-state index contributed by atoms with van der Waals surface area (Å²) in [6, 6.07) is 3.79. The Morgan fingerprint density at radius 2 is 1.50 bits per heavy atom. The number of alkyl halides is 4. The summed E-state index contributed by atoms with van der Waals surface area (Å²) >= 11 is 17.3. The van der Waals surface area contributed by atoms with Gasteiger partial charge in [0.05, 0.1) is 0 Å². The molecule has 1 aliphatic rings. The van der Waals surface area contributed by atoms with Gasteiger partial charge in [-0.05, 0) is 12.5 Å². The van der Waals surface area contributed by atoms with Crippen LogP contribution in [0.2, 0.25) is 0 Å². The molecule has 0 aromatic rings. The van der Waals surface area contributed by atoms with Crippen LogP contribution < -0.4 is 0 Å². The fourth-order valence-electron chi connectivity index (χ4n) is 1.32. The van der Waals surface area contributed by atoms with E-state index in [1.165, 1.54) is 0 Å². The summed E-state index contributed by atoms with van der Waals surface area (Å²) in [5.74, 6) is 0. The third-order valence-corrected chi connectivity index (χ3v) is 8.00. The minimum absolute atomic E-state index is 0.0521. The molecule has 0 heterocycles. The molecule has 2 nitrogen and oxygen atoms in total. The summed E-state index contributed by atoms with van der Waals surface area (Å²) in [4.78, 5) is 0. The average Bonchev–Trinajstić information content (AvgIpc) is 2.32.